The first-order valence-corrected chi connectivity index (χ1v) is 10.0. The summed E-state index contributed by atoms with van der Waals surface area (Å²) in [6.07, 6.45) is 2.98. The summed E-state index contributed by atoms with van der Waals surface area (Å²) in [4.78, 5) is 9.13. The van der Waals surface area contributed by atoms with Crippen molar-refractivity contribution in [1.82, 2.24) is 19.7 Å². The predicted octanol–water partition coefficient (Wildman–Crippen LogP) is 3.72. The third kappa shape index (κ3) is 3.36. The zero-order valence-corrected chi connectivity index (χ0v) is 16.3. The summed E-state index contributed by atoms with van der Waals surface area (Å²) in [5.41, 5.74) is 10.2. The topological polar surface area (TPSA) is 89.9 Å². The van der Waals surface area contributed by atoms with Crippen molar-refractivity contribution in [3.8, 4) is 17.1 Å². The molecule has 30 heavy (non-hydrogen) atoms. The number of alkyl halides is 1. The molecule has 1 saturated carbocycles. The van der Waals surface area contributed by atoms with E-state index in [1.54, 1.807) is 23.0 Å². The van der Waals surface area contributed by atoms with E-state index in [2.05, 4.69) is 10.1 Å². The molecule has 3 heterocycles. The maximum absolute atomic E-state index is 13.0. The molecule has 7 heteroatoms. The van der Waals surface area contributed by atoms with Gasteiger partial charge in [0.2, 0.25) is 0 Å². The summed E-state index contributed by atoms with van der Waals surface area (Å²) in [5, 5.41) is 15.0. The number of aliphatic hydroxyl groups is 1. The standard InChI is InChI=1S/C23H22FN5O/c24-12-17-3-1-6-22(27-17)29-21-11-14(7-8-15(21)13-26-29)19-4-2-5-20(28-19)23(25)16-9-18(30)10-16/h1-8,11,13,16,18,23,30H,9-10,12,25H2/t16?,18?,23-/m0/s1. The van der Waals surface area contributed by atoms with E-state index in [0.29, 0.717) is 11.5 Å². The number of fused-ring (bicyclic) bond motifs is 1. The van der Waals surface area contributed by atoms with E-state index >= 15 is 0 Å². The lowest BCUT2D eigenvalue weighted by Crippen LogP contribution is -2.36. The average Bonchev–Trinajstić information content (AvgIpc) is 3.20. The SMILES string of the molecule is N[C@H](c1cccc(-c2ccc3cnn(-c4cccc(CF)n4)c3c2)n1)C1CC(O)C1. The fourth-order valence-corrected chi connectivity index (χ4v) is 3.98. The third-order valence-corrected chi connectivity index (χ3v) is 5.78. The fourth-order valence-electron chi connectivity index (χ4n) is 3.98. The Hall–Kier alpha value is -3.16. The quantitative estimate of drug-likeness (QED) is 0.530. The summed E-state index contributed by atoms with van der Waals surface area (Å²) >= 11 is 0. The molecule has 1 aliphatic carbocycles. The predicted molar refractivity (Wildman–Crippen MR) is 113 cm³/mol. The summed E-state index contributed by atoms with van der Waals surface area (Å²) in [5.74, 6) is 0.838. The lowest BCUT2D eigenvalue weighted by atomic mass is 9.76. The van der Waals surface area contributed by atoms with Crippen LogP contribution in [0, 0.1) is 5.92 Å². The van der Waals surface area contributed by atoms with Crippen LogP contribution in [0.3, 0.4) is 0 Å². The van der Waals surface area contributed by atoms with E-state index in [4.69, 9.17) is 10.7 Å². The first-order chi connectivity index (χ1) is 14.6. The molecule has 152 valence electrons. The minimum absolute atomic E-state index is 0.185. The van der Waals surface area contributed by atoms with Crippen LogP contribution in [0.4, 0.5) is 4.39 Å². The number of halogens is 1. The van der Waals surface area contributed by atoms with Gasteiger partial charge in [0.1, 0.15) is 6.67 Å². The van der Waals surface area contributed by atoms with Gasteiger partial charge in [-0.2, -0.15) is 5.10 Å². The van der Waals surface area contributed by atoms with E-state index in [-0.39, 0.29) is 18.1 Å². The Morgan fingerprint density at radius 3 is 2.73 bits per heavy atom. The van der Waals surface area contributed by atoms with E-state index in [1.165, 1.54) is 0 Å². The molecule has 0 amide bonds. The van der Waals surface area contributed by atoms with Crippen molar-refractivity contribution in [2.75, 3.05) is 0 Å². The van der Waals surface area contributed by atoms with Crippen molar-refractivity contribution >= 4 is 10.9 Å². The number of nitrogens with two attached hydrogens (primary N) is 1. The number of aliphatic hydroxyl groups excluding tert-OH is 1. The molecule has 0 radical (unpaired) electrons. The molecule has 0 unspecified atom stereocenters. The Morgan fingerprint density at radius 2 is 1.93 bits per heavy atom. The van der Waals surface area contributed by atoms with Gasteiger partial charge >= 0.3 is 0 Å². The molecule has 0 aliphatic heterocycles. The number of pyridine rings is 2. The van der Waals surface area contributed by atoms with Gasteiger partial charge in [0, 0.05) is 10.9 Å². The van der Waals surface area contributed by atoms with Crippen molar-refractivity contribution in [2.45, 2.75) is 31.7 Å². The van der Waals surface area contributed by atoms with E-state index < -0.39 is 6.67 Å². The van der Waals surface area contributed by atoms with Gasteiger partial charge in [0.15, 0.2) is 5.82 Å². The highest BCUT2D eigenvalue weighted by Crippen LogP contribution is 2.36. The maximum Gasteiger partial charge on any atom is 0.154 e. The van der Waals surface area contributed by atoms with Crippen LogP contribution in [0.15, 0.2) is 60.8 Å². The maximum atomic E-state index is 13.0. The highest BCUT2D eigenvalue weighted by Gasteiger charge is 2.33. The van der Waals surface area contributed by atoms with Gasteiger partial charge in [-0.05, 0) is 49.1 Å². The first-order valence-electron chi connectivity index (χ1n) is 10.0. The van der Waals surface area contributed by atoms with Crippen molar-refractivity contribution in [1.29, 1.82) is 0 Å². The van der Waals surface area contributed by atoms with Crippen LogP contribution in [0.2, 0.25) is 0 Å². The number of hydrogen-bond donors (Lipinski definition) is 2. The molecule has 0 saturated heterocycles. The summed E-state index contributed by atoms with van der Waals surface area (Å²) in [6.45, 7) is -0.618. The zero-order valence-electron chi connectivity index (χ0n) is 16.3. The highest BCUT2D eigenvalue weighted by atomic mass is 19.1. The minimum Gasteiger partial charge on any atom is -0.393 e. The first kappa shape index (κ1) is 18.8. The molecular weight excluding hydrogens is 381 g/mol. The largest absolute Gasteiger partial charge is 0.393 e. The lowest BCUT2D eigenvalue weighted by Gasteiger charge is -2.35. The molecule has 4 aromatic rings. The van der Waals surface area contributed by atoms with E-state index in [1.807, 2.05) is 42.5 Å². The monoisotopic (exact) mass is 403 g/mol. The van der Waals surface area contributed by atoms with E-state index in [0.717, 1.165) is 40.7 Å². The van der Waals surface area contributed by atoms with Crippen molar-refractivity contribution in [2.24, 2.45) is 11.7 Å². The molecule has 3 N–H and O–H groups in total. The molecule has 0 spiro atoms. The smallest absolute Gasteiger partial charge is 0.154 e. The highest BCUT2D eigenvalue weighted by molar-refractivity contribution is 5.84. The molecule has 1 atom stereocenters. The van der Waals surface area contributed by atoms with Gasteiger partial charge in [-0.3, -0.25) is 4.98 Å². The summed E-state index contributed by atoms with van der Waals surface area (Å²) in [6, 6.07) is 16.9. The number of rotatable bonds is 5. The Morgan fingerprint density at radius 1 is 1.10 bits per heavy atom. The molecule has 6 nitrogen and oxygen atoms in total. The number of nitrogens with zero attached hydrogens (tertiary/aromatic N) is 4. The summed E-state index contributed by atoms with van der Waals surface area (Å²) < 4.78 is 14.7. The molecule has 1 fully saturated rings. The Balaban J connectivity index is 1.52. The number of aromatic nitrogens is 4. The van der Waals surface area contributed by atoms with Gasteiger partial charge in [0.05, 0.1) is 40.9 Å². The molecular formula is C23H22FN5O. The third-order valence-electron chi connectivity index (χ3n) is 5.78. The van der Waals surface area contributed by atoms with Gasteiger partial charge in [-0.25, -0.2) is 14.1 Å². The van der Waals surface area contributed by atoms with Crippen LogP contribution >= 0.6 is 0 Å². The molecule has 5 rings (SSSR count). The molecule has 1 aromatic carbocycles. The Bertz CT molecular complexity index is 1200. The van der Waals surface area contributed by atoms with Crippen LogP contribution in [0.1, 0.15) is 30.3 Å². The number of hydrogen-bond acceptors (Lipinski definition) is 5. The van der Waals surface area contributed by atoms with Crippen molar-refractivity contribution < 1.29 is 9.50 Å². The normalized spacial score (nSPS) is 19.6. The van der Waals surface area contributed by atoms with Crippen LogP contribution in [0.25, 0.3) is 28.0 Å². The fraction of sp³-hybridized carbons (Fsp3) is 0.261. The number of benzene rings is 1. The van der Waals surface area contributed by atoms with Crippen LogP contribution in [-0.2, 0) is 6.67 Å². The van der Waals surface area contributed by atoms with Crippen LogP contribution in [0.5, 0.6) is 0 Å². The lowest BCUT2D eigenvalue weighted by molar-refractivity contribution is 0.0302. The average molecular weight is 403 g/mol. The Kier molecular flexibility index (Phi) is 4.77. The van der Waals surface area contributed by atoms with E-state index in [9.17, 15) is 9.50 Å². The molecule has 1 aliphatic rings. The van der Waals surface area contributed by atoms with Crippen molar-refractivity contribution in [3.05, 3.63) is 72.2 Å². The summed E-state index contributed by atoms with van der Waals surface area (Å²) in [7, 11) is 0. The second-order valence-electron chi connectivity index (χ2n) is 7.81. The van der Waals surface area contributed by atoms with Crippen LogP contribution < -0.4 is 5.73 Å². The van der Waals surface area contributed by atoms with Gasteiger partial charge in [-0.15, -0.1) is 0 Å². The van der Waals surface area contributed by atoms with Gasteiger partial charge < -0.3 is 10.8 Å². The second kappa shape index (κ2) is 7.59. The molecule has 0 bridgehead atoms. The molecule has 3 aromatic heterocycles. The minimum atomic E-state index is -0.618. The van der Waals surface area contributed by atoms with Gasteiger partial charge in [-0.1, -0.05) is 24.3 Å². The zero-order chi connectivity index (χ0) is 20.7. The van der Waals surface area contributed by atoms with Crippen LogP contribution in [-0.4, -0.2) is 31.0 Å². The van der Waals surface area contributed by atoms with Gasteiger partial charge in [0.25, 0.3) is 0 Å². The van der Waals surface area contributed by atoms with Crippen molar-refractivity contribution in [3.63, 3.8) is 0 Å². The Labute approximate surface area is 173 Å². The second-order valence-corrected chi connectivity index (χ2v) is 7.81.